The first-order chi connectivity index (χ1) is 10.4. The first-order valence-electron chi connectivity index (χ1n) is 7.57. The van der Waals surface area contributed by atoms with Gasteiger partial charge in [0.25, 0.3) is 0 Å². The van der Waals surface area contributed by atoms with Gasteiger partial charge in [-0.3, -0.25) is 0 Å². The topological polar surface area (TPSA) is 15.8 Å². The molecule has 1 aromatic heterocycles. The molecular formula is C21H27N. The fourth-order valence-electron chi connectivity index (χ4n) is 2.05. The van der Waals surface area contributed by atoms with E-state index < -0.39 is 0 Å². The van der Waals surface area contributed by atoms with Crippen LogP contribution in [0.5, 0.6) is 0 Å². The molecule has 1 heterocycles. The zero-order valence-corrected chi connectivity index (χ0v) is 14.5. The number of H-pyrrole nitrogens is 1. The van der Waals surface area contributed by atoms with Crippen molar-refractivity contribution in [2.75, 3.05) is 0 Å². The van der Waals surface area contributed by atoms with Crippen molar-refractivity contribution in [2.24, 2.45) is 0 Å². The van der Waals surface area contributed by atoms with Gasteiger partial charge in [0.15, 0.2) is 0 Å². The second kappa shape index (κ2) is 8.23. The molecule has 0 aliphatic heterocycles. The molecule has 22 heavy (non-hydrogen) atoms. The zero-order chi connectivity index (χ0) is 16.7. The van der Waals surface area contributed by atoms with E-state index in [4.69, 9.17) is 0 Å². The summed E-state index contributed by atoms with van der Waals surface area (Å²) in [6.45, 7) is 18.3. The third-order valence-corrected chi connectivity index (χ3v) is 3.48. The highest BCUT2D eigenvalue weighted by molar-refractivity contribution is 5.73. The monoisotopic (exact) mass is 293 g/mol. The fourth-order valence-corrected chi connectivity index (χ4v) is 2.05. The molecule has 0 aromatic carbocycles. The second-order valence-electron chi connectivity index (χ2n) is 5.69. The van der Waals surface area contributed by atoms with E-state index in [1.54, 1.807) is 0 Å². The van der Waals surface area contributed by atoms with Crippen molar-refractivity contribution in [1.82, 2.24) is 4.98 Å². The van der Waals surface area contributed by atoms with E-state index in [1.807, 2.05) is 25.2 Å². The molecule has 1 N–H and O–H groups in total. The molecule has 116 valence electrons. The number of hydrogen-bond donors (Lipinski definition) is 1. The van der Waals surface area contributed by atoms with Crippen LogP contribution in [0.25, 0.3) is 11.1 Å². The molecule has 0 aliphatic carbocycles. The number of allylic oxidation sites excluding steroid dienone is 10. The molecule has 0 bridgehead atoms. The molecule has 0 unspecified atom stereocenters. The van der Waals surface area contributed by atoms with E-state index in [0.717, 1.165) is 22.5 Å². The molecule has 0 saturated heterocycles. The Morgan fingerprint density at radius 2 is 1.68 bits per heavy atom. The van der Waals surface area contributed by atoms with E-state index in [2.05, 4.69) is 70.1 Å². The maximum atomic E-state index is 4.06. The first-order valence-corrected chi connectivity index (χ1v) is 7.57. The van der Waals surface area contributed by atoms with Gasteiger partial charge in [-0.2, -0.15) is 0 Å². The standard InChI is InChI=1S/C21H27N/c1-8-10-17(6)20-11-12-21(22-20)18(7)14-19(15(3)4)13-16(5)9-2/h8-14,22H,2,6H2,1,3-5,7H3/b10-8-,16-13-,18-14+. The third kappa shape index (κ3) is 4.92. The van der Waals surface area contributed by atoms with E-state index in [9.17, 15) is 0 Å². The first kappa shape index (κ1) is 17.8. The Labute approximate surface area is 135 Å². The maximum Gasteiger partial charge on any atom is 0.0452 e. The molecule has 0 aliphatic rings. The highest BCUT2D eigenvalue weighted by Gasteiger charge is 2.03. The Hall–Kier alpha value is -2.28. The highest BCUT2D eigenvalue weighted by Crippen LogP contribution is 2.21. The van der Waals surface area contributed by atoms with Crippen molar-refractivity contribution in [3.63, 3.8) is 0 Å². The van der Waals surface area contributed by atoms with Gasteiger partial charge in [-0.1, -0.05) is 54.7 Å². The van der Waals surface area contributed by atoms with Crippen LogP contribution >= 0.6 is 0 Å². The van der Waals surface area contributed by atoms with Gasteiger partial charge in [-0.05, 0) is 63.5 Å². The lowest BCUT2D eigenvalue weighted by Gasteiger charge is -2.04. The van der Waals surface area contributed by atoms with Gasteiger partial charge >= 0.3 is 0 Å². The lowest BCUT2D eigenvalue weighted by Crippen LogP contribution is -1.86. The number of hydrogen-bond acceptors (Lipinski definition) is 0. The summed E-state index contributed by atoms with van der Waals surface area (Å²) in [6, 6.07) is 4.17. The molecule has 0 saturated carbocycles. The smallest absolute Gasteiger partial charge is 0.0452 e. The van der Waals surface area contributed by atoms with Crippen molar-refractivity contribution < 1.29 is 0 Å². The SMILES string of the molecule is C=C/C(C)=C\C(/C=C(\C)c1ccc(C(=C)/C=C\C)[nH]1)=C(C)C. The van der Waals surface area contributed by atoms with Crippen LogP contribution in [-0.2, 0) is 0 Å². The van der Waals surface area contributed by atoms with Crippen LogP contribution in [0.2, 0.25) is 0 Å². The van der Waals surface area contributed by atoms with Crippen LogP contribution in [0.1, 0.15) is 46.0 Å². The van der Waals surface area contributed by atoms with Gasteiger partial charge in [0.05, 0.1) is 0 Å². The summed E-state index contributed by atoms with van der Waals surface area (Å²) in [7, 11) is 0. The van der Waals surface area contributed by atoms with Crippen molar-refractivity contribution in [3.05, 3.63) is 83.8 Å². The summed E-state index contributed by atoms with van der Waals surface area (Å²) in [5.74, 6) is 0. The normalized spacial score (nSPS) is 12.6. The maximum absolute atomic E-state index is 4.06. The minimum Gasteiger partial charge on any atom is -0.355 e. The molecule has 0 amide bonds. The molecule has 1 heteroatoms. The third-order valence-electron chi connectivity index (χ3n) is 3.48. The van der Waals surface area contributed by atoms with Crippen LogP contribution in [0.15, 0.2) is 72.4 Å². The minimum absolute atomic E-state index is 0.992. The summed E-state index contributed by atoms with van der Waals surface area (Å²) in [5.41, 5.74) is 8.02. The van der Waals surface area contributed by atoms with E-state index in [1.165, 1.54) is 16.7 Å². The summed E-state index contributed by atoms with van der Waals surface area (Å²) in [6.07, 6.45) is 10.2. The number of nitrogens with one attached hydrogen (secondary N) is 1. The number of rotatable bonds is 6. The zero-order valence-electron chi connectivity index (χ0n) is 14.5. The van der Waals surface area contributed by atoms with Crippen LogP contribution in [0.4, 0.5) is 0 Å². The molecule has 1 aromatic rings. The van der Waals surface area contributed by atoms with Gasteiger partial charge in [0.1, 0.15) is 0 Å². The Morgan fingerprint density at radius 1 is 1.05 bits per heavy atom. The van der Waals surface area contributed by atoms with Crippen LogP contribution < -0.4 is 0 Å². The molecule has 0 atom stereocenters. The van der Waals surface area contributed by atoms with E-state index >= 15 is 0 Å². The molecule has 0 spiro atoms. The highest BCUT2D eigenvalue weighted by atomic mass is 14.7. The average Bonchev–Trinajstić information content (AvgIpc) is 2.96. The van der Waals surface area contributed by atoms with Gasteiger partial charge in [0, 0.05) is 11.4 Å². The van der Waals surface area contributed by atoms with Gasteiger partial charge in [-0.25, -0.2) is 0 Å². The second-order valence-corrected chi connectivity index (χ2v) is 5.69. The summed E-state index contributed by atoms with van der Waals surface area (Å²) < 4.78 is 0. The summed E-state index contributed by atoms with van der Waals surface area (Å²) in [4.78, 5) is 3.43. The number of aromatic nitrogens is 1. The van der Waals surface area contributed by atoms with E-state index in [0.29, 0.717) is 0 Å². The quantitative estimate of drug-likeness (QED) is 0.578. The molecule has 1 nitrogen and oxygen atoms in total. The van der Waals surface area contributed by atoms with Gasteiger partial charge in [0.2, 0.25) is 0 Å². The Kier molecular flexibility index (Phi) is 6.65. The molecule has 1 rings (SSSR count). The van der Waals surface area contributed by atoms with Gasteiger partial charge < -0.3 is 4.98 Å². The molecule has 0 fully saturated rings. The van der Waals surface area contributed by atoms with E-state index in [-0.39, 0.29) is 0 Å². The Balaban J connectivity index is 3.14. The predicted molar refractivity (Wildman–Crippen MR) is 101 cm³/mol. The van der Waals surface area contributed by atoms with Crippen molar-refractivity contribution in [3.8, 4) is 0 Å². The van der Waals surface area contributed by atoms with Crippen LogP contribution in [0, 0.1) is 0 Å². The molecule has 0 radical (unpaired) electrons. The van der Waals surface area contributed by atoms with Crippen molar-refractivity contribution in [2.45, 2.75) is 34.6 Å². The lowest BCUT2D eigenvalue weighted by atomic mass is 10.0. The predicted octanol–water partition coefficient (Wildman–Crippen LogP) is 6.48. The average molecular weight is 293 g/mol. The van der Waals surface area contributed by atoms with Crippen molar-refractivity contribution >= 4 is 11.1 Å². The summed E-state index contributed by atoms with van der Waals surface area (Å²) >= 11 is 0. The van der Waals surface area contributed by atoms with Crippen LogP contribution in [-0.4, -0.2) is 4.98 Å². The summed E-state index contributed by atoms with van der Waals surface area (Å²) in [5, 5.41) is 0. The number of aromatic amines is 1. The Morgan fingerprint density at radius 3 is 2.23 bits per heavy atom. The lowest BCUT2D eigenvalue weighted by molar-refractivity contribution is 1.29. The van der Waals surface area contributed by atoms with Crippen LogP contribution in [0.3, 0.4) is 0 Å². The fraction of sp³-hybridized carbons (Fsp3) is 0.238. The largest absolute Gasteiger partial charge is 0.355 e. The Bertz CT molecular complexity index is 669. The molecular weight excluding hydrogens is 266 g/mol. The van der Waals surface area contributed by atoms with Crippen molar-refractivity contribution in [1.29, 1.82) is 0 Å². The van der Waals surface area contributed by atoms with Gasteiger partial charge in [-0.15, -0.1) is 0 Å². The minimum atomic E-state index is 0.992.